The molecule has 0 spiro atoms. The first kappa shape index (κ1) is 25.0. The highest BCUT2D eigenvalue weighted by atomic mass is 32.1. The van der Waals surface area contributed by atoms with Gasteiger partial charge < -0.3 is 14.4 Å². The van der Waals surface area contributed by atoms with E-state index in [0.717, 1.165) is 51.6 Å². The molecule has 0 radical (unpaired) electrons. The summed E-state index contributed by atoms with van der Waals surface area (Å²) < 4.78 is 12.6. The van der Waals surface area contributed by atoms with Crippen molar-refractivity contribution < 1.29 is 14.3 Å². The van der Waals surface area contributed by atoms with Crippen molar-refractivity contribution >= 4 is 27.5 Å². The number of amides is 1. The number of carbonyl (C=O) groups is 1. The van der Waals surface area contributed by atoms with Gasteiger partial charge in [0.25, 0.3) is 11.5 Å². The van der Waals surface area contributed by atoms with E-state index in [9.17, 15) is 9.59 Å². The molecular formula is C29H31N3O4S. The summed E-state index contributed by atoms with van der Waals surface area (Å²) in [6.07, 6.45) is 5.11. The van der Waals surface area contributed by atoms with E-state index in [2.05, 4.69) is 11.9 Å². The molecule has 0 N–H and O–H groups in total. The standard InChI is InChI=1S/C29H31N3O4S/c1-3-4-17-36-23-11-7-21(8-12-23)28(33)31-16-14-24-25(18-31)37-27-26(24)29(34)32(19-30-27)15-13-20-5-9-22(35-2)10-6-20/h5-12,19H,3-4,13-18H2,1-2H3. The minimum absolute atomic E-state index is 0.00514. The van der Waals surface area contributed by atoms with Gasteiger partial charge in [-0.2, -0.15) is 0 Å². The second-order valence-corrected chi connectivity index (χ2v) is 10.3. The fourth-order valence-corrected chi connectivity index (χ4v) is 5.80. The monoisotopic (exact) mass is 517 g/mol. The van der Waals surface area contributed by atoms with Gasteiger partial charge in [-0.15, -0.1) is 11.3 Å². The second kappa shape index (κ2) is 11.2. The number of aryl methyl sites for hydroxylation is 2. The molecule has 2 aromatic carbocycles. The lowest BCUT2D eigenvalue weighted by molar-refractivity contribution is 0.0737. The average molecular weight is 518 g/mol. The highest BCUT2D eigenvalue weighted by Gasteiger charge is 2.27. The number of aromatic nitrogens is 2. The quantitative estimate of drug-likeness (QED) is 0.289. The first-order valence-electron chi connectivity index (χ1n) is 12.7. The summed E-state index contributed by atoms with van der Waals surface area (Å²) in [5.74, 6) is 1.59. The van der Waals surface area contributed by atoms with Crippen LogP contribution in [0, 0.1) is 0 Å². The zero-order chi connectivity index (χ0) is 25.8. The molecule has 1 amide bonds. The summed E-state index contributed by atoms with van der Waals surface area (Å²) in [7, 11) is 1.65. The van der Waals surface area contributed by atoms with Crippen LogP contribution in [-0.2, 0) is 25.9 Å². The molecular weight excluding hydrogens is 486 g/mol. The third-order valence-corrected chi connectivity index (χ3v) is 7.91. The molecule has 1 aliphatic rings. The Morgan fingerprint density at radius 1 is 1.08 bits per heavy atom. The van der Waals surface area contributed by atoms with Crippen molar-refractivity contribution in [1.82, 2.24) is 14.5 Å². The molecule has 8 heteroatoms. The van der Waals surface area contributed by atoms with Crippen LogP contribution in [0.5, 0.6) is 11.5 Å². The lowest BCUT2D eigenvalue weighted by Crippen LogP contribution is -2.35. The Hall–Kier alpha value is -3.65. The van der Waals surface area contributed by atoms with E-state index in [4.69, 9.17) is 9.47 Å². The Balaban J connectivity index is 1.29. The van der Waals surface area contributed by atoms with E-state index < -0.39 is 0 Å². The molecule has 0 atom stereocenters. The maximum atomic E-state index is 13.4. The number of hydrogen-bond donors (Lipinski definition) is 0. The number of hydrogen-bond acceptors (Lipinski definition) is 6. The fourth-order valence-electron chi connectivity index (χ4n) is 4.60. The van der Waals surface area contributed by atoms with E-state index in [1.807, 2.05) is 53.4 Å². The number of unbranched alkanes of at least 4 members (excludes halogenated alkanes) is 1. The van der Waals surface area contributed by atoms with Crippen molar-refractivity contribution in [2.45, 2.75) is 45.7 Å². The Bertz CT molecular complexity index is 1440. The van der Waals surface area contributed by atoms with Gasteiger partial charge in [-0.05, 0) is 66.8 Å². The van der Waals surface area contributed by atoms with E-state index in [1.165, 1.54) is 11.3 Å². The van der Waals surface area contributed by atoms with Gasteiger partial charge in [-0.25, -0.2) is 4.98 Å². The maximum absolute atomic E-state index is 13.4. The lowest BCUT2D eigenvalue weighted by Gasteiger charge is -2.27. The molecule has 1 aliphatic heterocycles. The molecule has 0 unspecified atom stereocenters. The molecule has 7 nitrogen and oxygen atoms in total. The Kier molecular flexibility index (Phi) is 7.55. The SMILES string of the molecule is CCCCOc1ccc(C(=O)N2CCc3c(sc4ncn(CCc5ccc(OC)cc5)c(=O)c34)C2)cc1. The van der Waals surface area contributed by atoms with Crippen molar-refractivity contribution in [1.29, 1.82) is 0 Å². The van der Waals surface area contributed by atoms with E-state index >= 15 is 0 Å². The molecule has 0 fully saturated rings. The Morgan fingerprint density at radius 3 is 2.57 bits per heavy atom. The van der Waals surface area contributed by atoms with Crippen LogP contribution in [0.3, 0.4) is 0 Å². The lowest BCUT2D eigenvalue weighted by atomic mass is 10.0. The summed E-state index contributed by atoms with van der Waals surface area (Å²) in [5.41, 5.74) is 2.82. The van der Waals surface area contributed by atoms with Crippen molar-refractivity contribution in [3.8, 4) is 11.5 Å². The molecule has 0 saturated heterocycles. The van der Waals surface area contributed by atoms with E-state index in [-0.39, 0.29) is 11.5 Å². The summed E-state index contributed by atoms with van der Waals surface area (Å²) >= 11 is 1.52. The summed E-state index contributed by atoms with van der Waals surface area (Å²) in [6.45, 7) is 4.44. The van der Waals surface area contributed by atoms with Gasteiger partial charge in [0.1, 0.15) is 16.3 Å². The van der Waals surface area contributed by atoms with E-state index in [1.54, 1.807) is 18.0 Å². The second-order valence-electron chi connectivity index (χ2n) is 9.23. The predicted molar refractivity (Wildman–Crippen MR) is 146 cm³/mol. The van der Waals surface area contributed by atoms with Gasteiger partial charge in [0.15, 0.2) is 0 Å². The van der Waals surface area contributed by atoms with Gasteiger partial charge in [0, 0.05) is 23.5 Å². The van der Waals surface area contributed by atoms with Crippen LogP contribution in [-0.4, -0.2) is 40.6 Å². The van der Waals surface area contributed by atoms with Gasteiger partial charge in [0.05, 0.1) is 32.0 Å². The number of thiophene rings is 1. The summed E-state index contributed by atoms with van der Waals surface area (Å²) in [5, 5.41) is 0.706. The molecule has 2 aromatic heterocycles. The molecule has 192 valence electrons. The minimum Gasteiger partial charge on any atom is -0.497 e. The van der Waals surface area contributed by atoms with Crippen molar-refractivity contribution in [3.63, 3.8) is 0 Å². The van der Waals surface area contributed by atoms with Crippen molar-refractivity contribution in [2.24, 2.45) is 0 Å². The maximum Gasteiger partial charge on any atom is 0.262 e. The minimum atomic E-state index is -0.00641. The largest absolute Gasteiger partial charge is 0.497 e. The molecule has 37 heavy (non-hydrogen) atoms. The Morgan fingerprint density at radius 2 is 1.84 bits per heavy atom. The van der Waals surface area contributed by atoms with Gasteiger partial charge >= 0.3 is 0 Å². The molecule has 0 aliphatic carbocycles. The predicted octanol–water partition coefficient (Wildman–Crippen LogP) is 5.09. The van der Waals surface area contributed by atoms with Crippen LogP contribution in [0.25, 0.3) is 10.2 Å². The third kappa shape index (κ3) is 5.39. The van der Waals surface area contributed by atoms with Crippen molar-refractivity contribution in [2.75, 3.05) is 20.3 Å². The molecule has 0 bridgehead atoms. The number of ether oxygens (including phenoxy) is 2. The van der Waals surface area contributed by atoms with Gasteiger partial charge in [0.2, 0.25) is 0 Å². The number of nitrogens with zero attached hydrogens (tertiary/aromatic N) is 3. The molecule has 4 aromatic rings. The molecule has 3 heterocycles. The average Bonchev–Trinajstić information content (AvgIpc) is 3.32. The van der Waals surface area contributed by atoms with Crippen LogP contribution in [0.4, 0.5) is 0 Å². The Labute approximate surface area is 220 Å². The highest BCUT2D eigenvalue weighted by Crippen LogP contribution is 2.33. The third-order valence-electron chi connectivity index (χ3n) is 6.78. The fraction of sp³-hybridized carbons (Fsp3) is 0.345. The van der Waals surface area contributed by atoms with Crippen LogP contribution in [0.2, 0.25) is 0 Å². The topological polar surface area (TPSA) is 73.7 Å². The summed E-state index contributed by atoms with van der Waals surface area (Å²) in [4.78, 5) is 34.8. The normalized spacial score (nSPS) is 13.0. The van der Waals surface area contributed by atoms with Gasteiger partial charge in [-0.3, -0.25) is 14.2 Å². The number of fused-ring (bicyclic) bond motifs is 3. The number of carbonyl (C=O) groups excluding carboxylic acids is 1. The smallest absolute Gasteiger partial charge is 0.262 e. The van der Waals surface area contributed by atoms with Gasteiger partial charge in [-0.1, -0.05) is 25.5 Å². The molecule has 5 rings (SSSR count). The highest BCUT2D eigenvalue weighted by molar-refractivity contribution is 7.18. The van der Waals surface area contributed by atoms with Crippen LogP contribution < -0.4 is 15.0 Å². The number of methoxy groups -OCH3 is 1. The first-order chi connectivity index (χ1) is 18.1. The van der Waals surface area contributed by atoms with E-state index in [0.29, 0.717) is 43.6 Å². The molecule has 0 saturated carbocycles. The zero-order valence-electron chi connectivity index (χ0n) is 21.2. The number of rotatable bonds is 9. The summed E-state index contributed by atoms with van der Waals surface area (Å²) in [6, 6.07) is 15.3. The number of benzene rings is 2. The van der Waals surface area contributed by atoms with Crippen molar-refractivity contribution in [3.05, 3.63) is 86.8 Å². The zero-order valence-corrected chi connectivity index (χ0v) is 22.1. The van der Waals surface area contributed by atoms with Crippen LogP contribution >= 0.6 is 11.3 Å². The first-order valence-corrected chi connectivity index (χ1v) is 13.5. The van der Waals surface area contributed by atoms with Crippen LogP contribution in [0.15, 0.2) is 59.7 Å². The van der Waals surface area contributed by atoms with Crippen LogP contribution in [0.1, 0.15) is 46.1 Å².